The summed E-state index contributed by atoms with van der Waals surface area (Å²) in [5, 5.41) is 14.3. The maximum absolute atomic E-state index is 11.5. The number of rotatable bonds is 4. The van der Waals surface area contributed by atoms with Gasteiger partial charge in [-0.15, -0.1) is 0 Å². The summed E-state index contributed by atoms with van der Waals surface area (Å²) in [5.74, 6) is -1.10. The van der Waals surface area contributed by atoms with Gasteiger partial charge in [-0.3, -0.25) is 0 Å². The molecule has 0 fully saturated rings. The highest BCUT2D eigenvalue weighted by Gasteiger charge is 2.28. The molecule has 98 valence electrons. The van der Waals surface area contributed by atoms with Gasteiger partial charge in [-0.1, -0.05) is 29.8 Å². The molecule has 0 aromatic heterocycles. The number of hydrogen-bond acceptors (Lipinski definition) is 2. The van der Waals surface area contributed by atoms with Gasteiger partial charge >= 0.3 is 12.0 Å². The van der Waals surface area contributed by atoms with Crippen molar-refractivity contribution in [3.8, 4) is 0 Å². The minimum Gasteiger partial charge on any atom is -0.480 e. The van der Waals surface area contributed by atoms with Crippen LogP contribution in [0.25, 0.3) is 0 Å². The van der Waals surface area contributed by atoms with E-state index in [0.717, 1.165) is 5.56 Å². The highest BCUT2D eigenvalue weighted by molar-refractivity contribution is 6.31. The van der Waals surface area contributed by atoms with Gasteiger partial charge in [-0.2, -0.15) is 0 Å². The smallest absolute Gasteiger partial charge is 0.328 e. The van der Waals surface area contributed by atoms with Gasteiger partial charge < -0.3 is 15.7 Å². The molecular formula is C12H15ClN2O3. The van der Waals surface area contributed by atoms with E-state index in [-0.39, 0.29) is 6.54 Å². The zero-order valence-electron chi connectivity index (χ0n) is 10.2. The van der Waals surface area contributed by atoms with Crippen molar-refractivity contribution in [2.45, 2.75) is 25.9 Å². The van der Waals surface area contributed by atoms with Crippen LogP contribution in [0.2, 0.25) is 5.02 Å². The third-order valence-corrected chi connectivity index (χ3v) is 2.73. The highest BCUT2D eigenvalue weighted by atomic mass is 35.5. The van der Waals surface area contributed by atoms with Gasteiger partial charge in [0.15, 0.2) is 0 Å². The molecule has 1 aromatic carbocycles. The summed E-state index contributed by atoms with van der Waals surface area (Å²) in [6, 6.07) is 6.55. The quantitative estimate of drug-likeness (QED) is 0.783. The number of halogens is 1. The van der Waals surface area contributed by atoms with Crippen LogP contribution < -0.4 is 10.6 Å². The van der Waals surface area contributed by atoms with E-state index in [2.05, 4.69) is 10.6 Å². The highest BCUT2D eigenvalue weighted by Crippen LogP contribution is 2.14. The van der Waals surface area contributed by atoms with E-state index in [1.165, 1.54) is 13.8 Å². The van der Waals surface area contributed by atoms with Crippen LogP contribution in [0.5, 0.6) is 0 Å². The van der Waals surface area contributed by atoms with Crippen LogP contribution in [-0.2, 0) is 11.3 Å². The lowest BCUT2D eigenvalue weighted by Gasteiger charge is -2.21. The van der Waals surface area contributed by atoms with E-state index in [9.17, 15) is 9.59 Å². The van der Waals surface area contributed by atoms with E-state index in [1.807, 2.05) is 6.07 Å². The van der Waals surface area contributed by atoms with E-state index in [1.54, 1.807) is 18.2 Å². The SMILES string of the molecule is CC(C)(NC(=O)NCc1ccccc1Cl)C(=O)O. The Labute approximate surface area is 110 Å². The van der Waals surface area contributed by atoms with Crippen molar-refractivity contribution in [2.24, 2.45) is 0 Å². The van der Waals surface area contributed by atoms with E-state index < -0.39 is 17.5 Å². The monoisotopic (exact) mass is 270 g/mol. The van der Waals surface area contributed by atoms with Crippen LogP contribution in [0, 0.1) is 0 Å². The molecule has 0 radical (unpaired) electrons. The summed E-state index contributed by atoms with van der Waals surface area (Å²) >= 11 is 5.93. The molecule has 2 amide bonds. The molecule has 5 nitrogen and oxygen atoms in total. The number of carboxylic acids is 1. The molecule has 3 N–H and O–H groups in total. The van der Waals surface area contributed by atoms with Crippen LogP contribution in [0.1, 0.15) is 19.4 Å². The number of carbonyl (C=O) groups is 2. The molecule has 0 heterocycles. The molecule has 0 spiro atoms. The second-order valence-corrected chi connectivity index (χ2v) is 4.74. The molecule has 0 unspecified atom stereocenters. The van der Waals surface area contributed by atoms with Gasteiger partial charge in [-0.05, 0) is 25.5 Å². The van der Waals surface area contributed by atoms with Crippen LogP contribution in [0.3, 0.4) is 0 Å². The third kappa shape index (κ3) is 3.92. The molecule has 0 aliphatic carbocycles. The Morgan fingerprint density at radius 3 is 2.50 bits per heavy atom. The Morgan fingerprint density at radius 1 is 1.33 bits per heavy atom. The lowest BCUT2D eigenvalue weighted by Crippen LogP contribution is -2.52. The fourth-order valence-corrected chi connectivity index (χ4v) is 1.40. The predicted molar refractivity (Wildman–Crippen MR) is 68.5 cm³/mol. The van der Waals surface area contributed by atoms with Crippen molar-refractivity contribution in [1.29, 1.82) is 0 Å². The maximum atomic E-state index is 11.5. The van der Waals surface area contributed by atoms with Crippen molar-refractivity contribution in [3.05, 3.63) is 34.9 Å². The number of amides is 2. The zero-order valence-corrected chi connectivity index (χ0v) is 10.9. The summed E-state index contributed by atoms with van der Waals surface area (Å²) in [6.45, 7) is 3.05. The summed E-state index contributed by atoms with van der Waals surface area (Å²) in [5.41, 5.74) is -0.549. The third-order valence-electron chi connectivity index (χ3n) is 2.36. The normalized spacial score (nSPS) is 10.8. The van der Waals surface area contributed by atoms with Crippen molar-refractivity contribution in [3.63, 3.8) is 0 Å². The molecule has 0 atom stereocenters. The number of benzene rings is 1. The summed E-state index contributed by atoms with van der Waals surface area (Å²) < 4.78 is 0. The Morgan fingerprint density at radius 2 is 1.94 bits per heavy atom. The first-order chi connectivity index (χ1) is 8.33. The summed E-state index contributed by atoms with van der Waals surface area (Å²) in [7, 11) is 0. The van der Waals surface area contributed by atoms with Crippen LogP contribution in [0.15, 0.2) is 24.3 Å². The average Bonchev–Trinajstić information content (AvgIpc) is 2.27. The van der Waals surface area contributed by atoms with Crippen molar-refractivity contribution in [1.82, 2.24) is 10.6 Å². The molecule has 18 heavy (non-hydrogen) atoms. The second-order valence-electron chi connectivity index (χ2n) is 4.33. The Kier molecular flexibility index (Phi) is 4.55. The fourth-order valence-electron chi connectivity index (χ4n) is 1.20. The lowest BCUT2D eigenvalue weighted by molar-refractivity contribution is -0.142. The molecular weight excluding hydrogens is 256 g/mol. The molecule has 1 aromatic rings. The standard InChI is InChI=1S/C12H15ClN2O3/c1-12(2,10(16)17)15-11(18)14-7-8-5-3-4-6-9(8)13/h3-6H,7H2,1-2H3,(H,16,17)(H2,14,15,18). The van der Waals surface area contributed by atoms with Crippen molar-refractivity contribution < 1.29 is 14.7 Å². The van der Waals surface area contributed by atoms with E-state index in [0.29, 0.717) is 5.02 Å². The van der Waals surface area contributed by atoms with Gasteiger partial charge in [0.25, 0.3) is 0 Å². The summed E-state index contributed by atoms with van der Waals surface area (Å²) in [6.07, 6.45) is 0. The first-order valence-electron chi connectivity index (χ1n) is 5.36. The van der Waals surface area contributed by atoms with Gasteiger partial charge in [0.2, 0.25) is 0 Å². The molecule has 0 saturated carbocycles. The lowest BCUT2D eigenvalue weighted by atomic mass is 10.1. The van der Waals surface area contributed by atoms with Crippen LogP contribution in [0.4, 0.5) is 4.79 Å². The van der Waals surface area contributed by atoms with Gasteiger partial charge in [0.1, 0.15) is 5.54 Å². The first-order valence-corrected chi connectivity index (χ1v) is 5.73. The fraction of sp³-hybridized carbons (Fsp3) is 0.333. The number of nitrogens with one attached hydrogen (secondary N) is 2. The number of hydrogen-bond donors (Lipinski definition) is 3. The van der Waals surface area contributed by atoms with Gasteiger partial charge in [0.05, 0.1) is 0 Å². The minimum atomic E-state index is -1.31. The number of aliphatic carboxylic acids is 1. The largest absolute Gasteiger partial charge is 0.480 e. The first kappa shape index (κ1) is 14.3. The predicted octanol–water partition coefficient (Wildman–Crippen LogP) is 2.00. The molecule has 1 rings (SSSR count). The number of carboxylic acid groups (broad SMARTS) is 1. The summed E-state index contributed by atoms with van der Waals surface area (Å²) in [4.78, 5) is 22.3. The van der Waals surface area contributed by atoms with E-state index in [4.69, 9.17) is 16.7 Å². The Bertz CT molecular complexity index is 460. The van der Waals surface area contributed by atoms with Gasteiger partial charge in [-0.25, -0.2) is 9.59 Å². The topological polar surface area (TPSA) is 78.4 Å². The molecule has 0 aliphatic rings. The molecule has 0 saturated heterocycles. The van der Waals surface area contributed by atoms with Crippen molar-refractivity contribution in [2.75, 3.05) is 0 Å². The van der Waals surface area contributed by atoms with Gasteiger partial charge in [0, 0.05) is 11.6 Å². The average molecular weight is 271 g/mol. The minimum absolute atomic E-state index is 0.237. The zero-order chi connectivity index (χ0) is 13.8. The number of carbonyl (C=O) groups excluding carboxylic acids is 1. The Hall–Kier alpha value is -1.75. The van der Waals surface area contributed by atoms with Crippen LogP contribution >= 0.6 is 11.6 Å². The van der Waals surface area contributed by atoms with Crippen LogP contribution in [-0.4, -0.2) is 22.6 Å². The molecule has 6 heteroatoms. The van der Waals surface area contributed by atoms with E-state index >= 15 is 0 Å². The molecule has 0 bridgehead atoms. The second kappa shape index (κ2) is 5.73. The Balaban J connectivity index is 2.53. The maximum Gasteiger partial charge on any atom is 0.328 e. The number of urea groups is 1. The van der Waals surface area contributed by atoms with Crippen molar-refractivity contribution >= 4 is 23.6 Å². The molecule has 0 aliphatic heterocycles.